The molecule has 0 spiro atoms. The summed E-state index contributed by atoms with van der Waals surface area (Å²) in [6, 6.07) is 25.3. The first-order valence-electron chi connectivity index (χ1n) is 9.73. The van der Waals surface area contributed by atoms with E-state index in [0.29, 0.717) is 10.8 Å². The molecule has 0 saturated carbocycles. The summed E-state index contributed by atoms with van der Waals surface area (Å²) in [5, 5.41) is 4.61. The normalized spacial score (nSPS) is 10.7. The minimum Gasteiger partial charge on any atom is -0.484 e. The van der Waals surface area contributed by atoms with Gasteiger partial charge in [-0.3, -0.25) is 4.79 Å². The summed E-state index contributed by atoms with van der Waals surface area (Å²) in [4.78, 5) is 14.1. The largest absolute Gasteiger partial charge is 0.484 e. The number of nitrogens with zero attached hydrogens (tertiary/aromatic N) is 2. The Bertz CT molecular complexity index is 958. The number of anilines is 1. The summed E-state index contributed by atoms with van der Waals surface area (Å²) in [5.74, 6) is 0.239. The van der Waals surface area contributed by atoms with Crippen LogP contribution in [0.1, 0.15) is 18.1 Å². The maximum Gasteiger partial charge on any atom is 0.277 e. The highest BCUT2D eigenvalue weighted by Crippen LogP contribution is 2.18. The van der Waals surface area contributed by atoms with Crippen molar-refractivity contribution in [2.75, 3.05) is 18.1 Å². The van der Waals surface area contributed by atoms with Gasteiger partial charge in [0, 0.05) is 23.8 Å². The average Bonchev–Trinajstić information content (AvgIpc) is 2.78. The Hall–Kier alpha value is -3.31. The Labute approximate surface area is 181 Å². The van der Waals surface area contributed by atoms with E-state index >= 15 is 0 Å². The molecule has 5 nitrogen and oxygen atoms in total. The van der Waals surface area contributed by atoms with Gasteiger partial charge in [-0.25, -0.2) is 5.43 Å². The Morgan fingerprint density at radius 3 is 2.40 bits per heavy atom. The molecule has 0 bridgehead atoms. The molecule has 0 aliphatic carbocycles. The molecule has 0 unspecified atom stereocenters. The highest BCUT2D eigenvalue weighted by atomic mass is 35.5. The van der Waals surface area contributed by atoms with Gasteiger partial charge in [0.05, 0.1) is 6.21 Å². The van der Waals surface area contributed by atoms with E-state index < -0.39 is 0 Å². The third kappa shape index (κ3) is 6.64. The van der Waals surface area contributed by atoms with Crippen molar-refractivity contribution in [1.29, 1.82) is 0 Å². The first kappa shape index (κ1) is 21.4. The molecule has 0 atom stereocenters. The number of halogens is 1. The van der Waals surface area contributed by atoms with Crippen LogP contribution in [0.25, 0.3) is 0 Å². The molecule has 0 aromatic heterocycles. The number of benzene rings is 3. The maximum absolute atomic E-state index is 11.8. The number of carbonyl (C=O) groups is 1. The fraction of sp³-hybridized carbons (Fsp3) is 0.167. The average molecular weight is 422 g/mol. The van der Waals surface area contributed by atoms with Crippen LogP contribution in [0.4, 0.5) is 5.69 Å². The van der Waals surface area contributed by atoms with Crippen molar-refractivity contribution >= 4 is 29.4 Å². The van der Waals surface area contributed by atoms with Crippen LogP contribution in [0.3, 0.4) is 0 Å². The topological polar surface area (TPSA) is 53.9 Å². The minimum atomic E-state index is -0.335. The van der Waals surface area contributed by atoms with E-state index in [9.17, 15) is 4.79 Å². The predicted octanol–water partition coefficient (Wildman–Crippen LogP) is 4.90. The first-order chi connectivity index (χ1) is 14.6. The highest BCUT2D eigenvalue weighted by Gasteiger charge is 2.05. The summed E-state index contributed by atoms with van der Waals surface area (Å²) in [6.45, 7) is 3.78. The molecule has 3 aromatic carbocycles. The molecule has 0 aliphatic heterocycles. The number of hydrogen-bond donors (Lipinski definition) is 1. The number of hydrazone groups is 1. The Morgan fingerprint density at radius 2 is 1.73 bits per heavy atom. The minimum absolute atomic E-state index is 0.122. The van der Waals surface area contributed by atoms with Crippen molar-refractivity contribution in [2.45, 2.75) is 13.5 Å². The molecular weight excluding hydrogens is 398 g/mol. The molecule has 0 heterocycles. The molecule has 0 fully saturated rings. The molecule has 6 heteroatoms. The molecule has 0 radical (unpaired) electrons. The summed E-state index contributed by atoms with van der Waals surface area (Å²) in [5.41, 5.74) is 5.77. The van der Waals surface area contributed by atoms with Crippen molar-refractivity contribution in [3.8, 4) is 5.75 Å². The lowest BCUT2D eigenvalue weighted by Gasteiger charge is -2.23. The first-order valence-corrected chi connectivity index (χ1v) is 10.1. The lowest BCUT2D eigenvalue weighted by atomic mass is 10.1. The SMILES string of the molecule is CCN(Cc1ccccc1)c1ccc(/C=N\NC(=O)COc2ccc(Cl)cc2)cc1. The molecule has 154 valence electrons. The van der Waals surface area contributed by atoms with Gasteiger partial charge in [0.1, 0.15) is 5.75 Å². The van der Waals surface area contributed by atoms with Crippen molar-refractivity contribution in [2.24, 2.45) is 5.10 Å². The molecule has 30 heavy (non-hydrogen) atoms. The number of hydrogen-bond acceptors (Lipinski definition) is 4. The van der Waals surface area contributed by atoms with Crippen molar-refractivity contribution in [3.63, 3.8) is 0 Å². The van der Waals surface area contributed by atoms with Gasteiger partial charge in [-0.1, -0.05) is 54.1 Å². The van der Waals surface area contributed by atoms with Crippen LogP contribution in [-0.2, 0) is 11.3 Å². The Balaban J connectivity index is 1.48. The van der Waals surface area contributed by atoms with Gasteiger partial charge < -0.3 is 9.64 Å². The summed E-state index contributed by atoms with van der Waals surface area (Å²) >= 11 is 5.82. The van der Waals surface area contributed by atoms with E-state index in [-0.39, 0.29) is 12.5 Å². The molecular formula is C24H24ClN3O2. The van der Waals surface area contributed by atoms with Crippen molar-refractivity contribution < 1.29 is 9.53 Å². The standard InChI is InChI=1S/C24H24ClN3O2/c1-2-28(17-20-6-4-3-5-7-20)22-12-8-19(9-13-22)16-26-27-24(29)18-30-23-14-10-21(25)11-15-23/h3-16H,2,17-18H2,1H3,(H,27,29)/b26-16-. The quantitative estimate of drug-likeness (QED) is 0.395. The lowest BCUT2D eigenvalue weighted by molar-refractivity contribution is -0.123. The van der Waals surface area contributed by atoms with Crippen LogP contribution in [0.2, 0.25) is 5.02 Å². The van der Waals surface area contributed by atoms with Crippen LogP contribution < -0.4 is 15.1 Å². The van der Waals surface area contributed by atoms with Crippen LogP contribution in [0.5, 0.6) is 5.75 Å². The van der Waals surface area contributed by atoms with Crippen LogP contribution >= 0.6 is 11.6 Å². The van der Waals surface area contributed by atoms with Gasteiger partial charge in [0.2, 0.25) is 0 Å². The van der Waals surface area contributed by atoms with E-state index in [1.54, 1.807) is 30.5 Å². The van der Waals surface area contributed by atoms with Crippen molar-refractivity contribution in [1.82, 2.24) is 5.43 Å². The van der Waals surface area contributed by atoms with E-state index in [0.717, 1.165) is 24.3 Å². The van der Waals surface area contributed by atoms with Crippen LogP contribution in [0.15, 0.2) is 84.0 Å². The predicted molar refractivity (Wildman–Crippen MR) is 122 cm³/mol. The summed E-state index contributed by atoms with van der Waals surface area (Å²) < 4.78 is 5.38. The number of carbonyl (C=O) groups excluding carboxylic acids is 1. The lowest BCUT2D eigenvalue weighted by Crippen LogP contribution is -2.24. The molecule has 3 aromatic rings. The summed E-state index contributed by atoms with van der Waals surface area (Å²) in [6.07, 6.45) is 1.61. The third-order valence-corrected chi connectivity index (χ3v) is 4.69. The summed E-state index contributed by atoms with van der Waals surface area (Å²) in [7, 11) is 0. The fourth-order valence-corrected chi connectivity index (χ4v) is 2.98. The second-order valence-corrected chi connectivity index (χ2v) is 7.06. The third-order valence-electron chi connectivity index (χ3n) is 4.44. The van der Waals surface area contributed by atoms with Gasteiger partial charge in [-0.05, 0) is 54.4 Å². The van der Waals surface area contributed by atoms with E-state index in [2.05, 4.69) is 58.7 Å². The monoisotopic (exact) mass is 421 g/mol. The second kappa shape index (κ2) is 11.0. The maximum atomic E-state index is 11.8. The zero-order chi connectivity index (χ0) is 21.2. The molecule has 0 aliphatic rings. The smallest absolute Gasteiger partial charge is 0.277 e. The van der Waals surface area contributed by atoms with Gasteiger partial charge in [-0.2, -0.15) is 5.10 Å². The highest BCUT2D eigenvalue weighted by molar-refractivity contribution is 6.30. The number of amides is 1. The van der Waals surface area contributed by atoms with Gasteiger partial charge >= 0.3 is 0 Å². The number of nitrogens with one attached hydrogen (secondary N) is 1. The molecule has 1 amide bonds. The van der Waals surface area contributed by atoms with Crippen molar-refractivity contribution in [3.05, 3.63) is 95.0 Å². The zero-order valence-corrected chi connectivity index (χ0v) is 17.5. The number of rotatable bonds is 9. The van der Waals surface area contributed by atoms with Crippen LogP contribution in [0, 0.1) is 0 Å². The zero-order valence-electron chi connectivity index (χ0n) is 16.8. The van der Waals surface area contributed by atoms with E-state index in [1.807, 2.05) is 18.2 Å². The van der Waals surface area contributed by atoms with Gasteiger partial charge in [0.15, 0.2) is 6.61 Å². The van der Waals surface area contributed by atoms with Crippen LogP contribution in [-0.4, -0.2) is 25.3 Å². The van der Waals surface area contributed by atoms with E-state index in [1.165, 1.54) is 5.56 Å². The Morgan fingerprint density at radius 1 is 1.03 bits per heavy atom. The second-order valence-electron chi connectivity index (χ2n) is 6.63. The van der Waals surface area contributed by atoms with Gasteiger partial charge in [0.25, 0.3) is 5.91 Å². The molecule has 1 N–H and O–H groups in total. The van der Waals surface area contributed by atoms with Gasteiger partial charge in [-0.15, -0.1) is 0 Å². The Kier molecular flexibility index (Phi) is 7.86. The molecule has 0 saturated heterocycles. The fourth-order valence-electron chi connectivity index (χ4n) is 2.85. The number of ether oxygens (including phenoxy) is 1. The molecule has 3 rings (SSSR count). The van der Waals surface area contributed by atoms with E-state index in [4.69, 9.17) is 16.3 Å².